The van der Waals surface area contributed by atoms with Crippen molar-refractivity contribution in [3.63, 3.8) is 0 Å². The number of halogens is 6. The molecule has 0 unspecified atom stereocenters. The van der Waals surface area contributed by atoms with Crippen LogP contribution in [0.3, 0.4) is 0 Å². The summed E-state index contributed by atoms with van der Waals surface area (Å²) in [7, 11) is -2.80. The van der Waals surface area contributed by atoms with Gasteiger partial charge in [-0.15, -0.1) is 0 Å². The number of hydrogen-bond acceptors (Lipinski definition) is 4. The van der Waals surface area contributed by atoms with Crippen LogP contribution in [-0.2, 0) is 29.2 Å². The molecule has 2 aromatic rings. The maximum absolute atomic E-state index is 13.1. The summed E-state index contributed by atoms with van der Waals surface area (Å²) in [6.45, 7) is 0. The van der Waals surface area contributed by atoms with Gasteiger partial charge in [-0.25, -0.2) is 8.42 Å². The number of carbonyl (C=O) groups excluding carboxylic acids is 1. The van der Waals surface area contributed by atoms with Gasteiger partial charge >= 0.3 is 12.4 Å². The van der Waals surface area contributed by atoms with Crippen LogP contribution >= 0.6 is 0 Å². The highest BCUT2D eigenvalue weighted by molar-refractivity contribution is 7.92. The van der Waals surface area contributed by atoms with Gasteiger partial charge in [-0.05, 0) is 43.9 Å². The number of amides is 1. The molecule has 1 heterocycles. The fourth-order valence-corrected chi connectivity index (χ4v) is 5.52. The van der Waals surface area contributed by atoms with Crippen molar-refractivity contribution >= 4 is 15.7 Å². The van der Waals surface area contributed by atoms with Gasteiger partial charge < -0.3 is 5.32 Å². The number of nitrogens with zero attached hydrogens (tertiary/aromatic N) is 2. The number of benzene rings is 1. The van der Waals surface area contributed by atoms with E-state index in [0.29, 0.717) is 6.07 Å². The standard InChI is InChI=1S/C19H19F6N3O3S/c1-28-10-15(16(27-28)19(23,24)25)17(29)26-12-5-7-13(8-6-12)32(30,31)14-4-2-3-11(9-14)18(20,21)22/h2-4,9-10,12-13H,5-8H2,1H3,(H,26,29). The van der Waals surface area contributed by atoms with Crippen molar-refractivity contribution in [2.75, 3.05) is 0 Å². The molecule has 0 saturated heterocycles. The first-order valence-corrected chi connectivity index (χ1v) is 11.1. The molecule has 0 bridgehead atoms. The molecule has 0 spiro atoms. The molecule has 1 saturated carbocycles. The number of hydrogen-bond donors (Lipinski definition) is 1. The Labute approximate surface area is 179 Å². The van der Waals surface area contributed by atoms with Crippen molar-refractivity contribution in [1.82, 2.24) is 15.1 Å². The number of aromatic nitrogens is 2. The predicted molar refractivity (Wildman–Crippen MR) is 100 cm³/mol. The van der Waals surface area contributed by atoms with Crippen LogP contribution in [0.5, 0.6) is 0 Å². The zero-order valence-corrected chi connectivity index (χ0v) is 17.5. The maximum atomic E-state index is 13.1. The van der Waals surface area contributed by atoms with Crippen LogP contribution in [0, 0.1) is 0 Å². The molecular weight excluding hydrogens is 464 g/mol. The van der Waals surface area contributed by atoms with E-state index in [1.165, 1.54) is 7.05 Å². The van der Waals surface area contributed by atoms with E-state index >= 15 is 0 Å². The highest BCUT2D eigenvalue weighted by Crippen LogP contribution is 2.34. The molecular formula is C19H19F6N3O3S. The van der Waals surface area contributed by atoms with Crippen LogP contribution in [0.4, 0.5) is 26.3 Å². The minimum atomic E-state index is -4.81. The molecule has 3 rings (SSSR count). The molecule has 13 heteroatoms. The predicted octanol–water partition coefficient (Wildman–Crippen LogP) is 3.97. The molecule has 1 aliphatic rings. The summed E-state index contributed by atoms with van der Waals surface area (Å²) in [5.74, 6) is -0.977. The average molecular weight is 483 g/mol. The first kappa shape index (κ1) is 24.1. The topological polar surface area (TPSA) is 81.1 Å². The lowest BCUT2D eigenvalue weighted by molar-refractivity contribution is -0.141. The van der Waals surface area contributed by atoms with E-state index in [1.807, 2.05) is 0 Å². The minimum Gasteiger partial charge on any atom is -0.349 e. The molecule has 32 heavy (non-hydrogen) atoms. The quantitative estimate of drug-likeness (QED) is 0.668. The van der Waals surface area contributed by atoms with Crippen molar-refractivity contribution in [3.05, 3.63) is 47.3 Å². The summed E-state index contributed by atoms with van der Waals surface area (Å²) in [4.78, 5) is 11.9. The Hall–Kier alpha value is -2.57. The number of carbonyl (C=O) groups is 1. The Morgan fingerprint density at radius 3 is 2.25 bits per heavy atom. The summed E-state index contributed by atoms with van der Waals surface area (Å²) in [6, 6.07) is 2.91. The smallest absolute Gasteiger partial charge is 0.349 e. The molecule has 1 aromatic carbocycles. The number of nitrogens with one attached hydrogen (secondary N) is 1. The van der Waals surface area contributed by atoms with E-state index in [0.717, 1.165) is 29.1 Å². The lowest BCUT2D eigenvalue weighted by Gasteiger charge is -2.29. The van der Waals surface area contributed by atoms with E-state index in [1.54, 1.807) is 0 Å². The summed E-state index contributed by atoms with van der Waals surface area (Å²) >= 11 is 0. The van der Waals surface area contributed by atoms with Crippen molar-refractivity contribution in [2.24, 2.45) is 7.05 Å². The highest BCUT2D eigenvalue weighted by atomic mass is 32.2. The zero-order valence-electron chi connectivity index (χ0n) is 16.7. The summed E-state index contributed by atoms with van der Waals surface area (Å²) < 4.78 is 104. The van der Waals surface area contributed by atoms with Crippen LogP contribution in [0.15, 0.2) is 35.4 Å². The summed E-state index contributed by atoms with van der Waals surface area (Å²) in [6.07, 6.45) is -8.17. The number of alkyl halides is 6. The molecule has 1 fully saturated rings. The third-order valence-corrected chi connectivity index (χ3v) is 7.54. The lowest BCUT2D eigenvalue weighted by atomic mass is 9.94. The molecule has 0 atom stereocenters. The Balaban J connectivity index is 1.68. The van der Waals surface area contributed by atoms with Gasteiger partial charge in [0.15, 0.2) is 15.5 Å². The zero-order chi connectivity index (χ0) is 23.9. The van der Waals surface area contributed by atoms with Crippen LogP contribution in [0.2, 0.25) is 0 Å². The van der Waals surface area contributed by atoms with Crippen LogP contribution in [-0.4, -0.2) is 35.4 Å². The summed E-state index contributed by atoms with van der Waals surface area (Å²) in [5, 5.41) is 4.78. The van der Waals surface area contributed by atoms with E-state index in [4.69, 9.17) is 0 Å². The van der Waals surface area contributed by atoms with Gasteiger partial charge in [-0.2, -0.15) is 31.4 Å². The van der Waals surface area contributed by atoms with Crippen molar-refractivity contribution < 1.29 is 39.6 Å². The van der Waals surface area contributed by atoms with Gasteiger partial charge in [0.05, 0.1) is 21.3 Å². The highest BCUT2D eigenvalue weighted by Gasteiger charge is 2.40. The molecule has 0 aliphatic heterocycles. The van der Waals surface area contributed by atoms with Gasteiger partial charge in [0.2, 0.25) is 0 Å². The Kier molecular flexibility index (Phi) is 6.33. The second-order valence-electron chi connectivity index (χ2n) is 7.58. The van der Waals surface area contributed by atoms with Crippen LogP contribution < -0.4 is 5.32 Å². The lowest BCUT2D eigenvalue weighted by Crippen LogP contribution is -2.40. The van der Waals surface area contributed by atoms with Crippen molar-refractivity contribution in [2.45, 2.75) is 54.2 Å². The molecule has 0 radical (unpaired) electrons. The number of aryl methyl sites for hydroxylation is 1. The van der Waals surface area contributed by atoms with E-state index in [2.05, 4.69) is 10.4 Å². The third kappa shape index (κ3) is 5.08. The van der Waals surface area contributed by atoms with Crippen molar-refractivity contribution in [3.8, 4) is 0 Å². The number of rotatable bonds is 4. The molecule has 1 aliphatic carbocycles. The molecule has 176 valence electrons. The van der Waals surface area contributed by atoms with Gasteiger partial charge in [0.1, 0.15) is 0 Å². The number of sulfone groups is 1. The Morgan fingerprint density at radius 2 is 1.69 bits per heavy atom. The summed E-state index contributed by atoms with van der Waals surface area (Å²) in [5.41, 5.74) is -3.03. The van der Waals surface area contributed by atoms with Gasteiger partial charge in [-0.3, -0.25) is 9.48 Å². The molecule has 1 aromatic heterocycles. The Bertz CT molecular complexity index is 1100. The van der Waals surface area contributed by atoms with Gasteiger partial charge in [0.25, 0.3) is 5.91 Å². The van der Waals surface area contributed by atoms with E-state index in [-0.39, 0.29) is 25.7 Å². The fourth-order valence-electron chi connectivity index (χ4n) is 3.69. The van der Waals surface area contributed by atoms with Gasteiger partial charge in [-0.1, -0.05) is 6.07 Å². The second kappa shape index (κ2) is 8.41. The van der Waals surface area contributed by atoms with E-state index in [9.17, 15) is 39.6 Å². The van der Waals surface area contributed by atoms with Crippen molar-refractivity contribution in [1.29, 1.82) is 0 Å². The molecule has 1 amide bonds. The largest absolute Gasteiger partial charge is 0.435 e. The Morgan fingerprint density at radius 1 is 1.06 bits per heavy atom. The maximum Gasteiger partial charge on any atom is 0.435 e. The SMILES string of the molecule is Cn1cc(C(=O)NC2CCC(S(=O)(=O)c3cccc(C(F)(F)F)c3)CC2)c(C(F)(F)F)n1. The first-order chi connectivity index (χ1) is 14.7. The second-order valence-corrected chi connectivity index (χ2v) is 9.81. The normalized spacial score (nSPS) is 20.2. The fraction of sp³-hybridized carbons (Fsp3) is 0.474. The first-order valence-electron chi connectivity index (χ1n) is 9.52. The van der Waals surface area contributed by atoms with Gasteiger partial charge in [0, 0.05) is 19.3 Å². The molecule has 1 N–H and O–H groups in total. The third-order valence-electron chi connectivity index (χ3n) is 5.28. The van der Waals surface area contributed by atoms with Crippen LogP contribution in [0.1, 0.15) is 47.3 Å². The molecule has 6 nitrogen and oxygen atoms in total. The average Bonchev–Trinajstić information content (AvgIpc) is 3.10. The monoisotopic (exact) mass is 483 g/mol. The van der Waals surface area contributed by atoms with Crippen LogP contribution in [0.25, 0.3) is 0 Å². The minimum absolute atomic E-state index is 0.0443. The van der Waals surface area contributed by atoms with E-state index < -0.39 is 61.1 Å².